The van der Waals surface area contributed by atoms with Crippen molar-refractivity contribution in [1.29, 1.82) is 0 Å². The number of benzene rings is 2. The van der Waals surface area contributed by atoms with Crippen LogP contribution in [0.15, 0.2) is 36.4 Å². The molecule has 2 aromatic carbocycles. The zero-order chi connectivity index (χ0) is 16.8. The highest BCUT2D eigenvalue weighted by Crippen LogP contribution is 2.43. The number of aromatic amines is 2. The molecule has 122 valence electrons. The maximum absolute atomic E-state index is 10.5. The molecule has 4 aromatic rings. The van der Waals surface area contributed by atoms with Crippen molar-refractivity contribution in [2.45, 2.75) is 0 Å². The Labute approximate surface area is 137 Å². The summed E-state index contributed by atoms with van der Waals surface area (Å²) in [7, 11) is 3.17. The first-order valence-corrected chi connectivity index (χ1v) is 7.40. The predicted molar refractivity (Wildman–Crippen MR) is 92.0 cm³/mol. The Hall–Kier alpha value is -3.28. The number of hydrogen-bond acceptors (Lipinski definition) is 4. The molecule has 2 aromatic heterocycles. The summed E-state index contributed by atoms with van der Waals surface area (Å²) in [4.78, 5) is 6.27. The van der Waals surface area contributed by atoms with Crippen LogP contribution in [0.3, 0.4) is 0 Å². The molecule has 0 saturated carbocycles. The van der Waals surface area contributed by atoms with Gasteiger partial charge in [-0.05, 0) is 24.3 Å². The fourth-order valence-electron chi connectivity index (χ4n) is 2.94. The van der Waals surface area contributed by atoms with E-state index in [2.05, 4.69) is 9.97 Å². The van der Waals surface area contributed by atoms with Crippen molar-refractivity contribution >= 4 is 21.8 Å². The summed E-state index contributed by atoms with van der Waals surface area (Å²) < 4.78 is 10.4. The maximum Gasteiger partial charge on any atom is 0.150 e. The molecule has 0 saturated heterocycles. The molecule has 4 N–H and O–H groups in total. The van der Waals surface area contributed by atoms with Gasteiger partial charge in [0.2, 0.25) is 0 Å². The van der Waals surface area contributed by atoms with E-state index < -0.39 is 0 Å². The summed E-state index contributed by atoms with van der Waals surface area (Å²) in [5, 5.41) is 22.4. The second-order valence-electron chi connectivity index (χ2n) is 5.52. The first-order valence-electron chi connectivity index (χ1n) is 7.40. The quantitative estimate of drug-likeness (QED) is 0.462. The van der Waals surface area contributed by atoms with Gasteiger partial charge >= 0.3 is 0 Å². The lowest BCUT2D eigenvalue weighted by Gasteiger charge is -1.98. The molecule has 0 fully saturated rings. The maximum atomic E-state index is 10.5. The number of aromatic nitrogens is 2. The van der Waals surface area contributed by atoms with Gasteiger partial charge < -0.3 is 29.7 Å². The summed E-state index contributed by atoms with van der Waals surface area (Å²) in [5.41, 5.74) is 2.28. The molecule has 0 aliphatic heterocycles. The Bertz CT molecular complexity index is 976. The third-order valence-corrected chi connectivity index (χ3v) is 4.21. The van der Waals surface area contributed by atoms with Gasteiger partial charge in [0.1, 0.15) is 22.9 Å². The molecule has 6 nitrogen and oxygen atoms in total. The van der Waals surface area contributed by atoms with Gasteiger partial charge in [-0.25, -0.2) is 0 Å². The van der Waals surface area contributed by atoms with Gasteiger partial charge in [-0.2, -0.15) is 0 Å². The second-order valence-corrected chi connectivity index (χ2v) is 5.52. The van der Waals surface area contributed by atoms with Crippen LogP contribution in [0.1, 0.15) is 0 Å². The fraction of sp³-hybridized carbons (Fsp3) is 0.111. The zero-order valence-electron chi connectivity index (χ0n) is 13.2. The molecule has 0 spiro atoms. The number of nitrogens with one attached hydrogen (secondary N) is 2. The monoisotopic (exact) mass is 324 g/mol. The number of aromatic hydroxyl groups is 2. The third kappa shape index (κ3) is 1.96. The zero-order valence-corrected chi connectivity index (χ0v) is 13.2. The van der Waals surface area contributed by atoms with Crippen LogP contribution in [0.25, 0.3) is 33.2 Å². The van der Waals surface area contributed by atoms with E-state index in [1.165, 1.54) is 0 Å². The number of ether oxygens (including phenoxy) is 2. The van der Waals surface area contributed by atoms with Crippen LogP contribution >= 0.6 is 0 Å². The molecule has 0 radical (unpaired) electrons. The molecule has 0 amide bonds. The smallest absolute Gasteiger partial charge is 0.150 e. The highest BCUT2D eigenvalue weighted by molar-refractivity contribution is 6.00. The highest BCUT2D eigenvalue weighted by atomic mass is 16.5. The van der Waals surface area contributed by atoms with Crippen molar-refractivity contribution in [2.75, 3.05) is 14.2 Å². The molecule has 0 aliphatic carbocycles. The summed E-state index contributed by atoms with van der Waals surface area (Å²) in [6.07, 6.45) is 0. The van der Waals surface area contributed by atoms with Crippen LogP contribution in [0.5, 0.6) is 23.0 Å². The topological polar surface area (TPSA) is 90.5 Å². The van der Waals surface area contributed by atoms with Crippen molar-refractivity contribution in [3.63, 3.8) is 0 Å². The van der Waals surface area contributed by atoms with E-state index in [1.54, 1.807) is 50.6 Å². The number of methoxy groups -OCH3 is 2. The minimum absolute atomic E-state index is 0.0708. The lowest BCUT2D eigenvalue weighted by molar-refractivity contribution is 0.415. The minimum atomic E-state index is 0.0708. The van der Waals surface area contributed by atoms with Crippen molar-refractivity contribution in [2.24, 2.45) is 0 Å². The highest BCUT2D eigenvalue weighted by Gasteiger charge is 2.19. The molecular formula is C18H16N2O4. The SMILES string of the molecule is COc1ccc2c(O)c(-c3[nH]c4cc(OC)ccc4c3O)[nH]c2c1. The van der Waals surface area contributed by atoms with E-state index in [4.69, 9.17) is 9.47 Å². The van der Waals surface area contributed by atoms with E-state index in [0.29, 0.717) is 33.7 Å². The Kier molecular flexibility index (Phi) is 3.06. The van der Waals surface area contributed by atoms with Crippen molar-refractivity contribution < 1.29 is 19.7 Å². The molecule has 2 heterocycles. The molecule has 4 rings (SSSR count). The number of hydrogen-bond donors (Lipinski definition) is 4. The Morgan fingerprint density at radius 2 is 1.12 bits per heavy atom. The average Bonchev–Trinajstić information content (AvgIpc) is 3.11. The molecule has 0 bridgehead atoms. The van der Waals surface area contributed by atoms with E-state index >= 15 is 0 Å². The number of rotatable bonds is 3. The molecule has 6 heteroatoms. The van der Waals surface area contributed by atoms with Gasteiger partial charge in [0.05, 0.1) is 25.3 Å². The van der Waals surface area contributed by atoms with Gasteiger partial charge in [0.15, 0.2) is 11.5 Å². The van der Waals surface area contributed by atoms with Crippen molar-refractivity contribution in [1.82, 2.24) is 9.97 Å². The first kappa shape index (κ1) is 14.3. The van der Waals surface area contributed by atoms with E-state index in [9.17, 15) is 10.2 Å². The predicted octanol–water partition coefficient (Wildman–Crippen LogP) is 3.74. The Morgan fingerprint density at radius 3 is 1.50 bits per heavy atom. The number of fused-ring (bicyclic) bond motifs is 2. The van der Waals surface area contributed by atoms with Gasteiger partial charge in [-0.15, -0.1) is 0 Å². The standard InChI is InChI=1S/C18H16N2O4/c1-23-9-3-5-11-13(7-9)19-15(17(11)21)16-18(22)12-6-4-10(24-2)8-14(12)20-16/h3-8,19-22H,1-2H3. The lowest BCUT2D eigenvalue weighted by atomic mass is 10.2. The Balaban J connectivity index is 1.95. The molecular weight excluding hydrogens is 308 g/mol. The third-order valence-electron chi connectivity index (χ3n) is 4.21. The number of H-pyrrole nitrogens is 2. The summed E-state index contributed by atoms with van der Waals surface area (Å²) in [6.45, 7) is 0. The van der Waals surface area contributed by atoms with Crippen LogP contribution in [0.4, 0.5) is 0 Å². The second kappa shape index (κ2) is 5.13. The normalized spacial score (nSPS) is 11.2. The largest absolute Gasteiger partial charge is 0.505 e. The van der Waals surface area contributed by atoms with Gasteiger partial charge in [0, 0.05) is 22.9 Å². The van der Waals surface area contributed by atoms with Crippen LogP contribution in [0.2, 0.25) is 0 Å². The van der Waals surface area contributed by atoms with Gasteiger partial charge in [-0.1, -0.05) is 0 Å². The summed E-state index contributed by atoms with van der Waals surface area (Å²) in [5.74, 6) is 1.50. The Morgan fingerprint density at radius 1 is 0.708 bits per heavy atom. The molecule has 24 heavy (non-hydrogen) atoms. The van der Waals surface area contributed by atoms with Crippen LogP contribution < -0.4 is 9.47 Å². The van der Waals surface area contributed by atoms with Crippen molar-refractivity contribution in [3.8, 4) is 34.4 Å². The van der Waals surface area contributed by atoms with Gasteiger partial charge in [0.25, 0.3) is 0 Å². The minimum Gasteiger partial charge on any atom is -0.505 e. The molecule has 0 atom stereocenters. The first-order chi connectivity index (χ1) is 11.6. The average molecular weight is 324 g/mol. The lowest BCUT2D eigenvalue weighted by Crippen LogP contribution is -1.81. The van der Waals surface area contributed by atoms with E-state index in [0.717, 1.165) is 11.0 Å². The van der Waals surface area contributed by atoms with Crippen LogP contribution in [-0.4, -0.2) is 34.4 Å². The fourth-order valence-corrected chi connectivity index (χ4v) is 2.94. The van der Waals surface area contributed by atoms with Crippen molar-refractivity contribution in [3.05, 3.63) is 36.4 Å². The van der Waals surface area contributed by atoms with E-state index in [-0.39, 0.29) is 11.5 Å². The summed E-state index contributed by atoms with van der Waals surface area (Å²) in [6, 6.07) is 10.7. The van der Waals surface area contributed by atoms with Crippen LogP contribution in [0, 0.1) is 0 Å². The molecule has 0 aliphatic rings. The molecule has 0 unspecified atom stereocenters. The summed E-state index contributed by atoms with van der Waals surface area (Å²) >= 11 is 0. The van der Waals surface area contributed by atoms with E-state index in [1.807, 2.05) is 0 Å². The van der Waals surface area contributed by atoms with Crippen LogP contribution in [-0.2, 0) is 0 Å². The van der Waals surface area contributed by atoms with Gasteiger partial charge in [-0.3, -0.25) is 0 Å².